The molecule has 0 aromatic carbocycles. The van der Waals surface area contributed by atoms with Crippen molar-refractivity contribution in [2.75, 3.05) is 49.8 Å². The highest BCUT2D eigenvalue weighted by molar-refractivity contribution is 7.86. The minimum atomic E-state index is -3.47. The summed E-state index contributed by atoms with van der Waals surface area (Å²) in [4.78, 5) is 23.5. The van der Waals surface area contributed by atoms with Gasteiger partial charge in [-0.3, -0.25) is 8.98 Å². The second-order valence-corrected chi connectivity index (χ2v) is 9.40. The molecule has 27 heavy (non-hydrogen) atoms. The summed E-state index contributed by atoms with van der Waals surface area (Å²) in [6, 6.07) is 4.12. The van der Waals surface area contributed by atoms with Crippen molar-refractivity contribution in [3.05, 3.63) is 17.7 Å². The topological polar surface area (TPSA) is 83.0 Å². The summed E-state index contributed by atoms with van der Waals surface area (Å²) in [6.07, 6.45) is 3.25. The monoisotopic (exact) mass is 394 g/mol. The standard InChI is InChI=1S/C18H26N4O4S/c1-20-10-8-14-16(18(20)23)13-6-7-15(19-17(13)21(14)2)22-9-4-5-12(11-22)26-27(3,24)25/h6-7,12,14,16H,4-5,8-11H2,1-3H3/t12-,14?,16?/m1/s1. The van der Waals surface area contributed by atoms with Gasteiger partial charge in [-0.2, -0.15) is 8.42 Å². The number of hydrogen-bond acceptors (Lipinski definition) is 7. The van der Waals surface area contributed by atoms with Gasteiger partial charge in [-0.1, -0.05) is 6.07 Å². The van der Waals surface area contributed by atoms with E-state index in [4.69, 9.17) is 9.17 Å². The number of pyridine rings is 1. The largest absolute Gasteiger partial charge is 0.355 e. The third-order valence-corrected chi connectivity index (χ3v) is 6.48. The molecule has 0 spiro atoms. The number of nitrogens with zero attached hydrogens (tertiary/aromatic N) is 4. The van der Waals surface area contributed by atoms with E-state index in [2.05, 4.69) is 9.80 Å². The molecule has 0 saturated carbocycles. The third kappa shape index (κ3) is 3.38. The molecule has 0 N–H and O–H groups in total. The van der Waals surface area contributed by atoms with Crippen LogP contribution >= 0.6 is 0 Å². The van der Waals surface area contributed by atoms with E-state index >= 15 is 0 Å². The zero-order valence-electron chi connectivity index (χ0n) is 16.0. The first-order chi connectivity index (χ1) is 12.7. The zero-order valence-corrected chi connectivity index (χ0v) is 16.8. The van der Waals surface area contributed by atoms with Crippen molar-refractivity contribution in [2.45, 2.75) is 37.3 Å². The Morgan fingerprint density at radius 2 is 1.96 bits per heavy atom. The normalized spacial score (nSPS) is 28.3. The molecular formula is C18H26N4O4S. The minimum Gasteiger partial charge on any atom is -0.355 e. The number of aromatic nitrogens is 1. The molecule has 2 saturated heterocycles. The van der Waals surface area contributed by atoms with Gasteiger partial charge in [0.2, 0.25) is 5.91 Å². The predicted molar refractivity (Wildman–Crippen MR) is 103 cm³/mol. The lowest BCUT2D eigenvalue weighted by Crippen LogP contribution is -2.47. The number of likely N-dealkylation sites (tertiary alicyclic amines) is 1. The van der Waals surface area contributed by atoms with Crippen LogP contribution in [0.4, 0.5) is 11.6 Å². The van der Waals surface area contributed by atoms with E-state index < -0.39 is 10.1 Å². The number of anilines is 2. The van der Waals surface area contributed by atoms with Crippen molar-refractivity contribution >= 4 is 27.7 Å². The maximum absolute atomic E-state index is 12.7. The van der Waals surface area contributed by atoms with Crippen molar-refractivity contribution in [2.24, 2.45) is 0 Å². The lowest BCUT2D eigenvalue weighted by molar-refractivity contribution is -0.134. The van der Waals surface area contributed by atoms with Crippen LogP contribution in [0.3, 0.4) is 0 Å². The van der Waals surface area contributed by atoms with Gasteiger partial charge >= 0.3 is 0 Å². The Bertz CT molecular complexity index is 859. The molecule has 3 aliphatic heterocycles. The highest BCUT2D eigenvalue weighted by Crippen LogP contribution is 2.44. The van der Waals surface area contributed by atoms with E-state index in [0.29, 0.717) is 6.54 Å². The fourth-order valence-electron chi connectivity index (χ4n) is 4.54. The summed E-state index contributed by atoms with van der Waals surface area (Å²) in [5.41, 5.74) is 0.990. The van der Waals surface area contributed by atoms with Crippen LogP contribution in [0.2, 0.25) is 0 Å². The Morgan fingerprint density at radius 3 is 2.70 bits per heavy atom. The Labute approximate surface area is 160 Å². The van der Waals surface area contributed by atoms with Crippen LogP contribution in [0.15, 0.2) is 12.1 Å². The van der Waals surface area contributed by atoms with Crippen molar-refractivity contribution in [3.63, 3.8) is 0 Å². The van der Waals surface area contributed by atoms with E-state index in [0.717, 1.165) is 55.8 Å². The van der Waals surface area contributed by atoms with E-state index in [1.165, 1.54) is 0 Å². The quantitative estimate of drug-likeness (QED) is 0.701. The molecule has 9 heteroatoms. The smallest absolute Gasteiger partial charge is 0.264 e. The number of likely N-dealkylation sites (N-methyl/N-ethyl adjacent to an activating group) is 2. The highest BCUT2D eigenvalue weighted by atomic mass is 32.2. The molecule has 0 aliphatic carbocycles. The summed E-state index contributed by atoms with van der Waals surface area (Å²) in [5.74, 6) is 1.68. The molecule has 4 rings (SSSR count). The lowest BCUT2D eigenvalue weighted by Gasteiger charge is -2.34. The maximum atomic E-state index is 12.7. The lowest BCUT2D eigenvalue weighted by atomic mass is 9.89. The number of carbonyl (C=O) groups is 1. The average molecular weight is 394 g/mol. The van der Waals surface area contributed by atoms with Crippen molar-refractivity contribution in [3.8, 4) is 0 Å². The predicted octanol–water partition coefficient (Wildman–Crippen LogP) is 0.791. The average Bonchev–Trinajstić information content (AvgIpc) is 2.89. The van der Waals surface area contributed by atoms with Crippen molar-refractivity contribution < 1.29 is 17.4 Å². The summed E-state index contributed by atoms with van der Waals surface area (Å²) in [5, 5.41) is 0. The highest BCUT2D eigenvalue weighted by Gasteiger charge is 2.46. The van der Waals surface area contributed by atoms with Crippen LogP contribution in [0.25, 0.3) is 0 Å². The van der Waals surface area contributed by atoms with Gasteiger partial charge < -0.3 is 14.7 Å². The molecule has 2 fully saturated rings. The van der Waals surface area contributed by atoms with Gasteiger partial charge in [0.05, 0.1) is 18.3 Å². The second-order valence-electron chi connectivity index (χ2n) is 7.80. The van der Waals surface area contributed by atoms with Gasteiger partial charge in [0.15, 0.2) is 0 Å². The van der Waals surface area contributed by atoms with E-state index in [-0.39, 0.29) is 24.0 Å². The Balaban J connectivity index is 1.59. The summed E-state index contributed by atoms with van der Waals surface area (Å²) < 4.78 is 28.1. The maximum Gasteiger partial charge on any atom is 0.264 e. The van der Waals surface area contributed by atoms with Crippen molar-refractivity contribution in [1.29, 1.82) is 0 Å². The van der Waals surface area contributed by atoms with Gasteiger partial charge in [-0.25, -0.2) is 4.98 Å². The van der Waals surface area contributed by atoms with Gasteiger partial charge in [0, 0.05) is 45.3 Å². The molecular weight excluding hydrogens is 368 g/mol. The van der Waals surface area contributed by atoms with Gasteiger partial charge in [-0.05, 0) is 25.3 Å². The number of amides is 1. The molecule has 148 valence electrons. The fraction of sp³-hybridized carbons (Fsp3) is 0.667. The van der Waals surface area contributed by atoms with E-state index in [1.54, 1.807) is 4.90 Å². The van der Waals surface area contributed by atoms with Crippen LogP contribution in [0.1, 0.15) is 30.7 Å². The number of piperidine rings is 2. The summed E-state index contributed by atoms with van der Waals surface area (Å²) in [7, 11) is 0.389. The summed E-state index contributed by atoms with van der Waals surface area (Å²) in [6.45, 7) is 2.08. The fourth-order valence-corrected chi connectivity index (χ4v) is 5.19. The van der Waals surface area contributed by atoms with E-state index in [9.17, 15) is 13.2 Å². The number of rotatable bonds is 3. The van der Waals surface area contributed by atoms with Gasteiger partial charge in [0.1, 0.15) is 11.6 Å². The molecule has 4 heterocycles. The second kappa shape index (κ2) is 6.63. The molecule has 3 aliphatic rings. The number of fused-ring (bicyclic) bond motifs is 3. The van der Waals surface area contributed by atoms with Crippen LogP contribution < -0.4 is 9.80 Å². The molecule has 1 aromatic rings. The summed E-state index contributed by atoms with van der Waals surface area (Å²) >= 11 is 0. The first kappa shape index (κ1) is 18.5. The van der Waals surface area contributed by atoms with E-state index in [1.807, 2.05) is 26.2 Å². The Hall–Kier alpha value is -1.87. The number of carbonyl (C=O) groups excluding carboxylic acids is 1. The van der Waals surface area contributed by atoms with Crippen LogP contribution in [-0.2, 0) is 19.1 Å². The molecule has 1 amide bonds. The molecule has 2 unspecified atom stereocenters. The number of hydrogen-bond donors (Lipinski definition) is 0. The van der Waals surface area contributed by atoms with Gasteiger partial charge in [-0.15, -0.1) is 0 Å². The van der Waals surface area contributed by atoms with Crippen molar-refractivity contribution in [1.82, 2.24) is 9.88 Å². The zero-order chi connectivity index (χ0) is 19.3. The van der Waals surface area contributed by atoms with Crippen LogP contribution in [0.5, 0.6) is 0 Å². The Kier molecular flexibility index (Phi) is 4.54. The first-order valence-corrected chi connectivity index (χ1v) is 11.2. The van der Waals surface area contributed by atoms with Gasteiger partial charge in [0.25, 0.3) is 10.1 Å². The molecule has 3 atom stereocenters. The molecule has 8 nitrogen and oxygen atoms in total. The first-order valence-electron chi connectivity index (χ1n) is 9.36. The molecule has 0 bridgehead atoms. The molecule has 0 radical (unpaired) electrons. The van der Waals surface area contributed by atoms with Crippen LogP contribution in [-0.4, -0.2) is 76.3 Å². The Morgan fingerprint density at radius 1 is 1.19 bits per heavy atom. The minimum absolute atomic E-state index is 0.145. The SMILES string of the molecule is CN1CCC2C(C1=O)c1ccc(N3CCC[C@@H](OS(C)(=O)=O)C3)nc1N2C. The third-order valence-electron chi connectivity index (χ3n) is 5.86. The van der Waals surface area contributed by atoms with Crippen LogP contribution in [0, 0.1) is 0 Å². The molecule has 1 aromatic heterocycles.